The van der Waals surface area contributed by atoms with Gasteiger partial charge in [0.05, 0.1) is 70.8 Å². The molecule has 8 heteroatoms. The van der Waals surface area contributed by atoms with Gasteiger partial charge in [0.2, 0.25) is 0 Å². The maximum atomic E-state index is 6.05. The summed E-state index contributed by atoms with van der Waals surface area (Å²) in [6.45, 7) is 7.81. The minimum Gasteiger partial charge on any atom is -0.494 e. The van der Waals surface area contributed by atoms with Gasteiger partial charge in [0.25, 0.3) is 0 Å². The Morgan fingerprint density at radius 2 is 1.10 bits per heavy atom. The highest BCUT2D eigenvalue weighted by Gasteiger charge is 2.07. The Kier molecular flexibility index (Phi) is 18.6. The third-order valence-corrected chi connectivity index (χ3v) is 7.05. The second-order valence-electron chi connectivity index (χ2n) is 10.6. The molecule has 1 aliphatic rings. The molecule has 2 aromatic rings. The number of hydrogen-bond donors (Lipinski definition) is 0. The fourth-order valence-electron chi connectivity index (χ4n) is 4.60. The van der Waals surface area contributed by atoms with Crippen molar-refractivity contribution in [2.24, 2.45) is 10.2 Å². The number of fused-ring (bicyclic) bond motifs is 1. The number of rotatable bonds is 14. The van der Waals surface area contributed by atoms with Crippen LogP contribution in [0.25, 0.3) is 0 Å². The number of unbranched alkanes of at least 4 members (excludes halogenated alkanes) is 9. The van der Waals surface area contributed by atoms with Crippen LogP contribution in [0.5, 0.6) is 11.5 Å². The van der Waals surface area contributed by atoms with Crippen molar-refractivity contribution in [2.75, 3.05) is 66.1 Å². The lowest BCUT2D eigenvalue weighted by molar-refractivity contribution is -0.00347. The molecule has 2 aromatic carbocycles. The largest absolute Gasteiger partial charge is 0.494 e. The van der Waals surface area contributed by atoms with Crippen LogP contribution in [0.3, 0.4) is 0 Å². The van der Waals surface area contributed by atoms with Crippen molar-refractivity contribution in [2.45, 2.75) is 77.6 Å². The molecule has 0 spiro atoms. The van der Waals surface area contributed by atoms with Crippen LogP contribution in [-0.4, -0.2) is 66.1 Å². The van der Waals surface area contributed by atoms with Gasteiger partial charge in [-0.3, -0.25) is 0 Å². The first kappa shape index (κ1) is 34.0. The van der Waals surface area contributed by atoms with E-state index in [0.717, 1.165) is 47.9 Å². The molecule has 0 bridgehead atoms. The van der Waals surface area contributed by atoms with Gasteiger partial charge in [0, 0.05) is 6.07 Å². The van der Waals surface area contributed by atoms with Gasteiger partial charge in [-0.15, -0.1) is 0 Å². The van der Waals surface area contributed by atoms with Crippen molar-refractivity contribution in [3.8, 4) is 11.5 Å². The Balaban J connectivity index is 1.40. The average molecular weight is 585 g/mol. The average Bonchev–Trinajstić information content (AvgIpc) is 3.02. The van der Waals surface area contributed by atoms with E-state index < -0.39 is 0 Å². The summed E-state index contributed by atoms with van der Waals surface area (Å²) in [7, 11) is 0. The Morgan fingerprint density at radius 1 is 0.571 bits per heavy atom. The summed E-state index contributed by atoms with van der Waals surface area (Å²) < 4.78 is 34.3. The quantitative estimate of drug-likeness (QED) is 0.164. The minimum absolute atomic E-state index is 0.443. The molecule has 0 atom stereocenters. The van der Waals surface area contributed by atoms with Crippen molar-refractivity contribution < 1.29 is 28.4 Å². The first-order valence-corrected chi connectivity index (χ1v) is 16.1. The first-order chi connectivity index (χ1) is 20.8. The zero-order valence-electron chi connectivity index (χ0n) is 25.7. The van der Waals surface area contributed by atoms with Gasteiger partial charge in [-0.25, -0.2) is 0 Å². The van der Waals surface area contributed by atoms with Gasteiger partial charge in [-0.2, -0.15) is 10.2 Å². The third kappa shape index (κ3) is 15.6. The van der Waals surface area contributed by atoms with Crippen LogP contribution >= 0.6 is 0 Å². The summed E-state index contributed by atoms with van der Waals surface area (Å²) in [6.07, 6.45) is 14.0. The lowest BCUT2D eigenvalue weighted by atomic mass is 10.1. The molecule has 1 heterocycles. The molecule has 234 valence electrons. The van der Waals surface area contributed by atoms with E-state index in [4.69, 9.17) is 28.4 Å². The van der Waals surface area contributed by atoms with Gasteiger partial charge < -0.3 is 28.4 Å². The van der Waals surface area contributed by atoms with Gasteiger partial charge in [-0.1, -0.05) is 70.8 Å². The molecule has 0 fully saturated rings. The van der Waals surface area contributed by atoms with E-state index in [1.165, 1.54) is 57.8 Å². The molecule has 0 unspecified atom stereocenters. The Morgan fingerprint density at radius 3 is 1.74 bits per heavy atom. The molecule has 8 nitrogen and oxygen atoms in total. The third-order valence-electron chi connectivity index (χ3n) is 7.05. The normalized spacial score (nSPS) is 16.0. The monoisotopic (exact) mass is 584 g/mol. The van der Waals surface area contributed by atoms with E-state index >= 15 is 0 Å². The summed E-state index contributed by atoms with van der Waals surface area (Å²) in [4.78, 5) is 0. The van der Waals surface area contributed by atoms with Crippen molar-refractivity contribution in [3.63, 3.8) is 0 Å². The number of nitrogens with zero attached hydrogens (tertiary/aromatic N) is 2. The van der Waals surface area contributed by atoms with Crippen molar-refractivity contribution in [1.82, 2.24) is 0 Å². The van der Waals surface area contributed by atoms with Crippen LogP contribution in [0.1, 0.15) is 76.7 Å². The van der Waals surface area contributed by atoms with Crippen molar-refractivity contribution in [3.05, 3.63) is 48.0 Å². The van der Waals surface area contributed by atoms with Gasteiger partial charge in [-0.05, 0) is 48.7 Å². The van der Waals surface area contributed by atoms with E-state index in [1.54, 1.807) is 0 Å². The van der Waals surface area contributed by atoms with Crippen LogP contribution in [0.4, 0.5) is 11.4 Å². The molecular weight excluding hydrogens is 532 g/mol. The maximum absolute atomic E-state index is 6.05. The molecule has 1 aliphatic heterocycles. The molecule has 0 N–H and O–H groups in total. The van der Waals surface area contributed by atoms with Crippen LogP contribution in [0.15, 0.2) is 52.7 Å². The van der Waals surface area contributed by atoms with Gasteiger partial charge >= 0.3 is 0 Å². The summed E-state index contributed by atoms with van der Waals surface area (Å²) in [5.74, 6) is 1.64. The second kappa shape index (κ2) is 23.0. The molecule has 42 heavy (non-hydrogen) atoms. The molecule has 0 aliphatic carbocycles. The molecular formula is C34H52N2O6. The van der Waals surface area contributed by atoms with Crippen molar-refractivity contribution >= 4 is 11.4 Å². The van der Waals surface area contributed by atoms with Gasteiger partial charge in [0.1, 0.15) is 18.1 Å². The highest BCUT2D eigenvalue weighted by Crippen LogP contribution is 2.28. The smallest absolute Gasteiger partial charge is 0.124 e. The second-order valence-corrected chi connectivity index (χ2v) is 10.6. The lowest BCUT2D eigenvalue weighted by Crippen LogP contribution is -2.13. The SMILES string of the molecule is CCCCCCCCCCCCOc1ccc(N=Nc2ccc3c(c2)OCCOCCOCCOCCOCC3)cc1. The highest BCUT2D eigenvalue weighted by atomic mass is 16.6. The van der Waals surface area contributed by atoms with Crippen LogP contribution in [0, 0.1) is 0 Å². The molecule has 0 radical (unpaired) electrons. The zero-order valence-corrected chi connectivity index (χ0v) is 25.7. The van der Waals surface area contributed by atoms with E-state index in [-0.39, 0.29) is 0 Å². The minimum atomic E-state index is 0.443. The summed E-state index contributed by atoms with van der Waals surface area (Å²) in [5.41, 5.74) is 2.56. The van der Waals surface area contributed by atoms with E-state index in [0.29, 0.717) is 59.5 Å². The number of benzene rings is 2. The summed E-state index contributed by atoms with van der Waals surface area (Å²) in [5, 5.41) is 8.86. The Hall–Kier alpha value is -2.52. The summed E-state index contributed by atoms with van der Waals surface area (Å²) >= 11 is 0. The van der Waals surface area contributed by atoms with Crippen LogP contribution < -0.4 is 9.47 Å². The number of azo groups is 1. The molecule has 0 saturated carbocycles. The van der Waals surface area contributed by atoms with Crippen LogP contribution in [0.2, 0.25) is 0 Å². The number of hydrogen-bond acceptors (Lipinski definition) is 8. The molecule has 0 amide bonds. The maximum Gasteiger partial charge on any atom is 0.124 e. The first-order valence-electron chi connectivity index (χ1n) is 16.1. The van der Waals surface area contributed by atoms with E-state index in [1.807, 2.05) is 42.5 Å². The van der Waals surface area contributed by atoms with E-state index in [9.17, 15) is 0 Å². The predicted octanol–water partition coefficient (Wildman–Crippen LogP) is 8.40. The van der Waals surface area contributed by atoms with E-state index in [2.05, 4.69) is 17.2 Å². The van der Waals surface area contributed by atoms with Crippen molar-refractivity contribution in [1.29, 1.82) is 0 Å². The van der Waals surface area contributed by atoms with Gasteiger partial charge in [0.15, 0.2) is 0 Å². The Labute approximate surface area is 253 Å². The molecule has 0 aromatic heterocycles. The lowest BCUT2D eigenvalue weighted by Gasteiger charge is -2.13. The fraction of sp³-hybridized carbons (Fsp3) is 0.647. The topological polar surface area (TPSA) is 80.1 Å². The zero-order chi connectivity index (χ0) is 29.3. The standard InChI is InChI=1S/C34H52N2O6/c1-2-3-4-5-6-7-8-9-10-11-19-41-33-16-14-31(15-17-33)35-36-32-13-12-30-18-20-37-21-22-38-23-24-39-25-26-40-27-28-42-34(30)29-32/h12-17,29H,2-11,18-28H2,1H3. The predicted molar refractivity (Wildman–Crippen MR) is 167 cm³/mol. The van der Waals surface area contributed by atoms with Crippen LogP contribution in [-0.2, 0) is 25.4 Å². The number of ether oxygens (including phenoxy) is 6. The Bertz CT molecular complexity index is 969. The summed E-state index contributed by atoms with van der Waals surface area (Å²) in [6, 6.07) is 13.7. The highest BCUT2D eigenvalue weighted by molar-refractivity contribution is 5.49. The fourth-order valence-corrected chi connectivity index (χ4v) is 4.60. The molecule has 0 saturated heterocycles. The molecule has 3 rings (SSSR count).